The van der Waals surface area contributed by atoms with Crippen molar-refractivity contribution in [2.75, 3.05) is 0 Å². The number of fused-ring (bicyclic) bond motifs is 3. The monoisotopic (exact) mass is 332 g/mol. The lowest BCUT2D eigenvalue weighted by Crippen LogP contribution is -2.33. The number of rotatable bonds is 2. The first kappa shape index (κ1) is 14.2. The van der Waals surface area contributed by atoms with Crippen LogP contribution in [0.25, 0.3) is 0 Å². The second-order valence-electron chi connectivity index (χ2n) is 6.19. The summed E-state index contributed by atoms with van der Waals surface area (Å²) < 4.78 is 11.7. The highest BCUT2D eigenvalue weighted by Gasteiger charge is 2.42. The minimum absolute atomic E-state index is 0.0506. The third-order valence-electron chi connectivity index (χ3n) is 4.70. The average molecular weight is 332 g/mol. The van der Waals surface area contributed by atoms with Crippen LogP contribution in [0.4, 0.5) is 0 Å². The van der Waals surface area contributed by atoms with Gasteiger partial charge in [-0.1, -0.05) is 30.3 Å². The van der Waals surface area contributed by atoms with Crippen LogP contribution in [0.2, 0.25) is 0 Å². The summed E-state index contributed by atoms with van der Waals surface area (Å²) in [6.45, 7) is 0. The van der Waals surface area contributed by atoms with Gasteiger partial charge in [-0.3, -0.25) is 0 Å². The Kier molecular flexibility index (Phi) is 3.06. The van der Waals surface area contributed by atoms with Gasteiger partial charge in [0.2, 0.25) is 6.23 Å². The molecule has 3 heterocycles. The summed E-state index contributed by atoms with van der Waals surface area (Å²) in [5.41, 5.74) is 2.70. The number of phenolic OH excluding ortho intramolecular Hbond substituents is 1. The number of hydrogen-bond donors (Lipinski definition) is 1. The minimum atomic E-state index is -0.418. The largest absolute Gasteiger partial charge is 0.507 e. The molecular weight excluding hydrogens is 316 g/mol. The van der Waals surface area contributed by atoms with Crippen molar-refractivity contribution in [3.05, 3.63) is 83.8 Å². The second kappa shape index (κ2) is 5.41. The van der Waals surface area contributed by atoms with Crippen LogP contribution in [-0.2, 0) is 0 Å². The van der Waals surface area contributed by atoms with Crippen LogP contribution in [0.5, 0.6) is 11.5 Å². The zero-order valence-electron chi connectivity index (χ0n) is 13.4. The van der Waals surface area contributed by atoms with E-state index in [0.717, 1.165) is 22.6 Å². The van der Waals surface area contributed by atoms with E-state index in [4.69, 9.17) is 14.3 Å². The lowest BCUT2D eigenvalue weighted by atomic mass is 9.96. The van der Waals surface area contributed by atoms with Crippen LogP contribution in [-0.4, -0.2) is 15.8 Å². The van der Waals surface area contributed by atoms with Gasteiger partial charge in [0.05, 0.1) is 18.0 Å². The summed E-state index contributed by atoms with van der Waals surface area (Å²) in [7, 11) is 0. The van der Waals surface area contributed by atoms with Gasteiger partial charge in [0.25, 0.3) is 0 Å². The van der Waals surface area contributed by atoms with Gasteiger partial charge in [-0.05, 0) is 30.3 Å². The Labute approximate surface area is 144 Å². The first-order valence-electron chi connectivity index (χ1n) is 8.24. The predicted molar refractivity (Wildman–Crippen MR) is 92.4 cm³/mol. The molecule has 0 spiro atoms. The van der Waals surface area contributed by atoms with Gasteiger partial charge in [0, 0.05) is 17.5 Å². The zero-order valence-corrected chi connectivity index (χ0v) is 13.4. The molecule has 3 aromatic rings. The molecule has 5 nitrogen and oxygen atoms in total. The Hall–Kier alpha value is -3.21. The standard InChI is InChI=1S/C20H16N2O3/c23-17-8-3-1-6-13(17)15-12-16-14-7-2-4-9-18(14)25-20(22(16)21-15)19-10-5-11-24-19/h1-11,16,20,23H,12H2/t16-,20-/m1/s1. The number of ether oxygens (including phenoxy) is 1. The fraction of sp³-hybridized carbons (Fsp3) is 0.150. The molecule has 0 unspecified atom stereocenters. The molecule has 1 N–H and O–H groups in total. The van der Waals surface area contributed by atoms with Gasteiger partial charge in [-0.15, -0.1) is 0 Å². The summed E-state index contributed by atoms with van der Waals surface area (Å²) in [6, 6.07) is 19.1. The fourth-order valence-electron chi connectivity index (χ4n) is 3.53. The zero-order chi connectivity index (χ0) is 16.8. The molecular formula is C20H16N2O3. The van der Waals surface area contributed by atoms with E-state index in [9.17, 15) is 5.11 Å². The molecule has 124 valence electrons. The van der Waals surface area contributed by atoms with Gasteiger partial charge in [0.1, 0.15) is 11.5 Å². The second-order valence-corrected chi connectivity index (χ2v) is 6.19. The predicted octanol–water partition coefficient (Wildman–Crippen LogP) is 4.23. The Balaban J connectivity index is 1.62. The molecule has 2 aromatic carbocycles. The number of para-hydroxylation sites is 2. The van der Waals surface area contributed by atoms with Crippen LogP contribution in [0.1, 0.15) is 35.6 Å². The van der Waals surface area contributed by atoms with Crippen molar-refractivity contribution in [1.82, 2.24) is 5.01 Å². The van der Waals surface area contributed by atoms with Crippen LogP contribution in [0.3, 0.4) is 0 Å². The topological polar surface area (TPSA) is 58.2 Å². The Morgan fingerprint density at radius 3 is 2.68 bits per heavy atom. The van der Waals surface area contributed by atoms with E-state index in [1.807, 2.05) is 53.5 Å². The quantitative estimate of drug-likeness (QED) is 0.763. The Bertz CT molecular complexity index is 949. The molecule has 0 radical (unpaired) electrons. The SMILES string of the molecule is Oc1ccccc1C1=NN2[C@H](C1)c1ccccc1O[C@@H]2c1ccco1. The normalized spacial score (nSPS) is 21.3. The van der Waals surface area contributed by atoms with Gasteiger partial charge < -0.3 is 14.3 Å². The molecule has 0 fully saturated rings. The molecule has 0 aliphatic carbocycles. The van der Waals surface area contributed by atoms with Crippen molar-refractivity contribution in [2.45, 2.75) is 18.7 Å². The van der Waals surface area contributed by atoms with Crippen molar-refractivity contribution in [1.29, 1.82) is 0 Å². The summed E-state index contributed by atoms with van der Waals surface area (Å²) in [5.74, 6) is 1.80. The number of aromatic hydroxyl groups is 1. The average Bonchev–Trinajstić information content (AvgIpc) is 3.31. The minimum Gasteiger partial charge on any atom is -0.507 e. The summed E-state index contributed by atoms with van der Waals surface area (Å²) in [6.07, 6.45) is 1.92. The highest BCUT2D eigenvalue weighted by atomic mass is 16.5. The van der Waals surface area contributed by atoms with E-state index in [2.05, 4.69) is 6.07 Å². The maximum absolute atomic E-state index is 10.2. The van der Waals surface area contributed by atoms with Crippen LogP contribution >= 0.6 is 0 Å². The first-order valence-corrected chi connectivity index (χ1v) is 8.24. The molecule has 2 atom stereocenters. The molecule has 0 amide bonds. The number of phenols is 1. The van der Waals surface area contributed by atoms with Crippen LogP contribution in [0.15, 0.2) is 76.4 Å². The molecule has 2 aliphatic heterocycles. The molecule has 0 saturated heterocycles. The maximum atomic E-state index is 10.2. The lowest BCUT2D eigenvalue weighted by molar-refractivity contribution is -0.0325. The van der Waals surface area contributed by atoms with Crippen molar-refractivity contribution >= 4 is 5.71 Å². The molecule has 25 heavy (non-hydrogen) atoms. The van der Waals surface area contributed by atoms with E-state index in [-0.39, 0.29) is 11.8 Å². The van der Waals surface area contributed by atoms with Gasteiger partial charge in [-0.2, -0.15) is 5.10 Å². The molecule has 2 aliphatic rings. The van der Waals surface area contributed by atoms with Crippen molar-refractivity contribution < 1.29 is 14.3 Å². The van der Waals surface area contributed by atoms with Crippen molar-refractivity contribution in [3.8, 4) is 11.5 Å². The third kappa shape index (κ3) is 2.20. The van der Waals surface area contributed by atoms with E-state index in [0.29, 0.717) is 12.2 Å². The Morgan fingerprint density at radius 1 is 1.00 bits per heavy atom. The van der Waals surface area contributed by atoms with E-state index >= 15 is 0 Å². The van der Waals surface area contributed by atoms with Crippen LogP contribution < -0.4 is 4.74 Å². The smallest absolute Gasteiger partial charge is 0.246 e. The van der Waals surface area contributed by atoms with E-state index in [1.165, 1.54) is 0 Å². The van der Waals surface area contributed by atoms with Gasteiger partial charge >= 0.3 is 0 Å². The number of benzene rings is 2. The third-order valence-corrected chi connectivity index (χ3v) is 4.70. The highest BCUT2D eigenvalue weighted by molar-refractivity contribution is 6.04. The Morgan fingerprint density at radius 2 is 1.84 bits per heavy atom. The number of hydrogen-bond acceptors (Lipinski definition) is 5. The summed E-state index contributed by atoms with van der Waals surface area (Å²) in [5, 5.41) is 16.9. The molecule has 5 heteroatoms. The van der Waals surface area contributed by atoms with E-state index < -0.39 is 6.23 Å². The fourth-order valence-corrected chi connectivity index (χ4v) is 3.53. The van der Waals surface area contributed by atoms with Gasteiger partial charge in [-0.25, -0.2) is 5.01 Å². The number of nitrogens with zero attached hydrogens (tertiary/aromatic N) is 2. The first-order chi connectivity index (χ1) is 12.3. The van der Waals surface area contributed by atoms with Crippen molar-refractivity contribution in [2.24, 2.45) is 5.10 Å². The van der Waals surface area contributed by atoms with Gasteiger partial charge in [0.15, 0.2) is 5.76 Å². The lowest BCUT2D eigenvalue weighted by Gasteiger charge is -2.36. The molecule has 5 rings (SSSR count). The molecule has 0 saturated carbocycles. The number of hydrazone groups is 1. The maximum Gasteiger partial charge on any atom is 0.246 e. The molecule has 1 aromatic heterocycles. The highest BCUT2D eigenvalue weighted by Crippen LogP contribution is 2.47. The van der Waals surface area contributed by atoms with Crippen molar-refractivity contribution in [3.63, 3.8) is 0 Å². The summed E-state index contributed by atoms with van der Waals surface area (Å²) in [4.78, 5) is 0. The summed E-state index contributed by atoms with van der Waals surface area (Å²) >= 11 is 0. The number of furan rings is 1. The molecule has 0 bridgehead atoms. The van der Waals surface area contributed by atoms with Crippen LogP contribution in [0, 0.1) is 0 Å². The van der Waals surface area contributed by atoms with E-state index in [1.54, 1.807) is 12.3 Å².